The average Bonchev–Trinajstić information content (AvgIpc) is 3.52. The van der Waals surface area contributed by atoms with Crippen molar-refractivity contribution in [2.75, 3.05) is 20.5 Å². The monoisotopic (exact) mass is 564 g/mol. The maximum atomic E-state index is 14.0. The van der Waals surface area contributed by atoms with Crippen LogP contribution in [0.3, 0.4) is 0 Å². The molecule has 0 amide bonds. The van der Waals surface area contributed by atoms with E-state index in [2.05, 4.69) is 0 Å². The van der Waals surface area contributed by atoms with E-state index < -0.39 is 12.0 Å². The van der Waals surface area contributed by atoms with Gasteiger partial charge in [0.2, 0.25) is 6.79 Å². The lowest BCUT2D eigenvalue weighted by Gasteiger charge is -2.25. The summed E-state index contributed by atoms with van der Waals surface area (Å²) >= 11 is 1.28. The summed E-state index contributed by atoms with van der Waals surface area (Å²) in [5.74, 6) is 1.89. The van der Waals surface area contributed by atoms with Gasteiger partial charge in [0.25, 0.3) is 5.56 Å². The summed E-state index contributed by atoms with van der Waals surface area (Å²) in [7, 11) is 1.58. The number of fused-ring (bicyclic) bond motifs is 2. The Hall–Kier alpha value is -4.05. The van der Waals surface area contributed by atoms with Crippen molar-refractivity contribution in [2.45, 2.75) is 52.7 Å². The molecular weight excluding hydrogens is 532 g/mol. The molecule has 1 atom stereocenters. The fourth-order valence-corrected chi connectivity index (χ4v) is 5.82. The van der Waals surface area contributed by atoms with Crippen LogP contribution in [-0.4, -0.2) is 37.1 Å². The molecule has 0 unspecified atom stereocenters. The van der Waals surface area contributed by atoms with E-state index in [9.17, 15) is 9.59 Å². The second kappa shape index (κ2) is 11.6. The predicted molar refractivity (Wildman–Crippen MR) is 151 cm³/mol. The molecule has 0 radical (unpaired) electrons. The van der Waals surface area contributed by atoms with Gasteiger partial charge in [-0.2, -0.15) is 0 Å². The Morgan fingerprint density at radius 2 is 1.95 bits per heavy atom. The topological polar surface area (TPSA) is 97.6 Å². The molecule has 2 aliphatic heterocycles. The highest BCUT2D eigenvalue weighted by atomic mass is 32.1. The standard InChI is InChI=1S/C30H32N2O7S/c1-6-8-20-26(29(34)36-7-2)27(19-10-12-21-24(15-19)38-16-37-21)32-28(33)25(40-30(32)31-20)14-18-9-11-22(39-17(3)4)23(13-18)35-5/h9-15,17,27H,6-8,16H2,1-5H3/b25-14-/t27-/m1/s1. The molecule has 40 heavy (non-hydrogen) atoms. The number of esters is 1. The summed E-state index contributed by atoms with van der Waals surface area (Å²) in [6, 6.07) is 10.3. The molecule has 10 heteroatoms. The Labute approximate surface area is 235 Å². The van der Waals surface area contributed by atoms with Crippen molar-refractivity contribution in [1.82, 2.24) is 4.57 Å². The van der Waals surface area contributed by atoms with Crippen molar-refractivity contribution in [3.05, 3.63) is 78.5 Å². The highest BCUT2D eigenvalue weighted by Crippen LogP contribution is 2.39. The van der Waals surface area contributed by atoms with Crippen LogP contribution in [-0.2, 0) is 9.53 Å². The molecule has 0 bridgehead atoms. The molecular formula is C30H32N2O7S. The lowest BCUT2D eigenvalue weighted by molar-refractivity contribution is -0.139. The highest BCUT2D eigenvalue weighted by Gasteiger charge is 2.35. The first-order chi connectivity index (χ1) is 19.3. The molecule has 9 nitrogen and oxygen atoms in total. The van der Waals surface area contributed by atoms with Crippen LogP contribution in [0, 0.1) is 0 Å². The van der Waals surface area contributed by atoms with Gasteiger partial charge in [0.05, 0.1) is 41.7 Å². The number of carbonyl (C=O) groups is 1. The van der Waals surface area contributed by atoms with E-state index in [1.54, 1.807) is 30.7 Å². The number of thiazole rings is 1. The molecule has 0 N–H and O–H groups in total. The third kappa shape index (κ3) is 5.23. The van der Waals surface area contributed by atoms with E-state index in [1.807, 2.05) is 51.1 Å². The maximum Gasteiger partial charge on any atom is 0.338 e. The number of methoxy groups -OCH3 is 1. The molecule has 0 saturated carbocycles. The van der Waals surface area contributed by atoms with Crippen LogP contribution in [0.25, 0.3) is 6.08 Å². The van der Waals surface area contributed by atoms with Gasteiger partial charge in [-0.1, -0.05) is 36.8 Å². The first-order valence-corrected chi connectivity index (χ1v) is 14.1. The minimum atomic E-state index is -0.732. The number of ether oxygens (including phenoxy) is 5. The lowest BCUT2D eigenvalue weighted by atomic mass is 9.94. The van der Waals surface area contributed by atoms with E-state index in [4.69, 9.17) is 28.7 Å². The molecule has 3 aromatic rings. The van der Waals surface area contributed by atoms with Crippen LogP contribution < -0.4 is 33.8 Å². The quantitative estimate of drug-likeness (QED) is 0.361. The number of benzene rings is 2. The smallest absolute Gasteiger partial charge is 0.338 e. The largest absolute Gasteiger partial charge is 0.493 e. The zero-order valence-corrected chi connectivity index (χ0v) is 24.0. The van der Waals surface area contributed by atoms with E-state index in [-0.39, 0.29) is 25.1 Å². The summed E-state index contributed by atoms with van der Waals surface area (Å²) in [4.78, 5) is 32.7. The van der Waals surface area contributed by atoms with Gasteiger partial charge < -0.3 is 23.7 Å². The Kier molecular flexibility index (Phi) is 7.97. The Morgan fingerprint density at radius 1 is 1.15 bits per heavy atom. The minimum Gasteiger partial charge on any atom is -0.493 e. The van der Waals surface area contributed by atoms with Crippen LogP contribution in [0.2, 0.25) is 0 Å². The van der Waals surface area contributed by atoms with E-state index in [1.165, 1.54) is 11.3 Å². The van der Waals surface area contributed by atoms with Crippen molar-refractivity contribution in [3.8, 4) is 23.0 Å². The van der Waals surface area contributed by atoms with E-state index in [0.29, 0.717) is 55.6 Å². The van der Waals surface area contributed by atoms with Gasteiger partial charge in [-0.15, -0.1) is 0 Å². The molecule has 5 rings (SSSR count). The van der Waals surface area contributed by atoms with Crippen molar-refractivity contribution < 1.29 is 28.5 Å². The Bertz CT molecular complexity index is 1650. The summed E-state index contributed by atoms with van der Waals surface area (Å²) < 4.78 is 30.0. The van der Waals surface area contributed by atoms with Crippen molar-refractivity contribution in [2.24, 2.45) is 4.99 Å². The Balaban J connectivity index is 1.69. The van der Waals surface area contributed by atoms with Crippen LogP contribution in [0.15, 0.2) is 57.5 Å². The Morgan fingerprint density at radius 3 is 2.67 bits per heavy atom. The minimum absolute atomic E-state index is 0.00877. The summed E-state index contributed by atoms with van der Waals surface area (Å²) in [5.41, 5.74) is 2.20. The summed E-state index contributed by atoms with van der Waals surface area (Å²) in [6.45, 7) is 8.00. The molecule has 0 fully saturated rings. The number of carbonyl (C=O) groups excluding carboxylic acids is 1. The molecule has 1 aromatic heterocycles. The normalized spacial score (nSPS) is 16.1. The van der Waals surface area contributed by atoms with E-state index in [0.717, 1.165) is 12.0 Å². The number of allylic oxidation sites excluding steroid dienone is 1. The molecule has 2 aliphatic rings. The van der Waals surface area contributed by atoms with Gasteiger partial charge in [0.1, 0.15) is 0 Å². The molecule has 0 spiro atoms. The molecule has 0 saturated heterocycles. The number of aromatic nitrogens is 1. The highest BCUT2D eigenvalue weighted by molar-refractivity contribution is 7.07. The molecule has 3 heterocycles. The third-order valence-electron chi connectivity index (χ3n) is 6.45. The van der Waals surface area contributed by atoms with Gasteiger partial charge in [0, 0.05) is 0 Å². The van der Waals surface area contributed by atoms with Crippen molar-refractivity contribution >= 4 is 23.4 Å². The first-order valence-electron chi connectivity index (χ1n) is 13.3. The molecule has 2 aromatic carbocycles. The van der Waals surface area contributed by atoms with Crippen LogP contribution >= 0.6 is 11.3 Å². The van der Waals surface area contributed by atoms with Gasteiger partial charge >= 0.3 is 5.97 Å². The van der Waals surface area contributed by atoms with E-state index >= 15 is 0 Å². The predicted octanol–water partition coefficient (Wildman–Crippen LogP) is 4.10. The summed E-state index contributed by atoms with van der Waals surface area (Å²) in [5, 5.41) is 0. The molecule has 210 valence electrons. The average molecular weight is 565 g/mol. The second-order valence-corrected chi connectivity index (χ2v) is 10.6. The zero-order valence-electron chi connectivity index (χ0n) is 23.2. The maximum absolute atomic E-state index is 14.0. The van der Waals surface area contributed by atoms with Gasteiger partial charge in [0.15, 0.2) is 27.8 Å². The fraction of sp³-hybridized carbons (Fsp3) is 0.367. The van der Waals surface area contributed by atoms with Crippen molar-refractivity contribution in [1.29, 1.82) is 0 Å². The van der Waals surface area contributed by atoms with Crippen molar-refractivity contribution in [3.63, 3.8) is 0 Å². The van der Waals surface area contributed by atoms with Gasteiger partial charge in [-0.05, 0) is 68.7 Å². The first kappa shape index (κ1) is 27.5. The number of rotatable bonds is 9. The van der Waals surface area contributed by atoms with Gasteiger partial charge in [-0.25, -0.2) is 9.79 Å². The third-order valence-corrected chi connectivity index (χ3v) is 7.44. The van der Waals surface area contributed by atoms with Crippen LogP contribution in [0.5, 0.6) is 23.0 Å². The lowest BCUT2D eigenvalue weighted by Crippen LogP contribution is -2.40. The summed E-state index contributed by atoms with van der Waals surface area (Å²) in [6.07, 6.45) is 3.13. The SMILES string of the molecule is CCCC1=C(C(=O)OCC)[C@@H](c2ccc3c(c2)OCO3)n2c(s/c(=C\c3ccc(OC(C)C)c(OC)c3)c2=O)=N1. The number of hydrogen-bond donors (Lipinski definition) is 0. The van der Waals surface area contributed by atoms with Crippen LogP contribution in [0.1, 0.15) is 57.7 Å². The fourth-order valence-electron chi connectivity index (χ4n) is 4.80. The molecule has 0 aliphatic carbocycles. The van der Waals surface area contributed by atoms with Gasteiger partial charge in [-0.3, -0.25) is 9.36 Å². The number of nitrogens with zero attached hydrogens (tertiary/aromatic N) is 2. The van der Waals surface area contributed by atoms with Crippen LogP contribution in [0.4, 0.5) is 0 Å². The second-order valence-electron chi connectivity index (χ2n) is 9.60. The number of hydrogen-bond acceptors (Lipinski definition) is 9. The zero-order chi connectivity index (χ0) is 28.4.